The van der Waals surface area contributed by atoms with Crippen LogP contribution in [0.3, 0.4) is 0 Å². The van der Waals surface area contributed by atoms with Crippen molar-refractivity contribution in [3.05, 3.63) is 42.2 Å². The summed E-state index contributed by atoms with van der Waals surface area (Å²) in [5.41, 5.74) is 2.25. The molecule has 2 aromatic rings. The third kappa shape index (κ3) is 7.65. The highest BCUT2D eigenvalue weighted by Gasteiger charge is 2.08. The first-order valence-electron chi connectivity index (χ1n) is 9.84. The van der Waals surface area contributed by atoms with Crippen LogP contribution in [0.15, 0.2) is 36.7 Å². The molecular weight excluding hydrogens is 338 g/mol. The minimum absolute atomic E-state index is 0.318. The molecule has 1 heterocycles. The Morgan fingerprint density at radius 3 is 2.15 bits per heavy atom. The van der Waals surface area contributed by atoms with E-state index in [2.05, 4.69) is 74.2 Å². The lowest BCUT2D eigenvalue weighted by Crippen LogP contribution is -2.25. The fourth-order valence-corrected chi connectivity index (χ4v) is 2.70. The van der Waals surface area contributed by atoms with E-state index < -0.39 is 0 Å². The topological polar surface area (TPSA) is 56.3 Å². The van der Waals surface area contributed by atoms with Gasteiger partial charge in [-0.25, -0.2) is 9.97 Å². The van der Waals surface area contributed by atoms with Gasteiger partial charge in [-0.1, -0.05) is 52.0 Å². The zero-order valence-corrected chi connectivity index (χ0v) is 17.2. The number of benzene rings is 1. The number of nitrogens with one attached hydrogen (secondary N) is 1. The second-order valence-corrected chi connectivity index (χ2v) is 7.55. The molecule has 0 unspecified atom stereocenters. The van der Waals surface area contributed by atoms with Crippen LogP contribution in [0.5, 0.6) is 5.75 Å². The van der Waals surface area contributed by atoms with Crippen LogP contribution in [-0.2, 0) is 4.74 Å². The summed E-state index contributed by atoms with van der Waals surface area (Å²) in [5, 5.41) is 3.51. The fourth-order valence-electron chi connectivity index (χ4n) is 2.70. The van der Waals surface area contributed by atoms with Crippen molar-refractivity contribution in [2.24, 2.45) is 5.92 Å². The molecule has 5 heteroatoms. The molecule has 0 fully saturated rings. The molecule has 0 saturated heterocycles. The van der Waals surface area contributed by atoms with E-state index in [4.69, 9.17) is 9.47 Å². The van der Waals surface area contributed by atoms with Crippen molar-refractivity contribution in [1.82, 2.24) is 15.3 Å². The van der Waals surface area contributed by atoms with Crippen molar-refractivity contribution in [2.75, 3.05) is 19.8 Å². The number of hydrogen-bond donors (Lipinski definition) is 1. The van der Waals surface area contributed by atoms with Crippen LogP contribution < -0.4 is 10.1 Å². The van der Waals surface area contributed by atoms with Gasteiger partial charge in [0.15, 0.2) is 11.6 Å². The summed E-state index contributed by atoms with van der Waals surface area (Å²) in [4.78, 5) is 8.84. The lowest BCUT2D eigenvalue weighted by Gasteiger charge is -2.17. The van der Waals surface area contributed by atoms with Crippen molar-refractivity contribution >= 4 is 0 Å². The van der Waals surface area contributed by atoms with E-state index in [1.54, 1.807) is 12.4 Å². The van der Waals surface area contributed by atoms with Gasteiger partial charge < -0.3 is 14.8 Å². The lowest BCUT2D eigenvalue weighted by molar-refractivity contribution is 0.0923. The van der Waals surface area contributed by atoms with E-state index >= 15 is 0 Å². The molecule has 0 aliphatic carbocycles. The van der Waals surface area contributed by atoms with Crippen LogP contribution in [0, 0.1) is 5.92 Å². The molecule has 1 aromatic heterocycles. The molecule has 27 heavy (non-hydrogen) atoms. The van der Waals surface area contributed by atoms with Gasteiger partial charge in [-0.3, -0.25) is 0 Å². The number of nitrogens with zero attached hydrogens (tertiary/aromatic N) is 2. The summed E-state index contributed by atoms with van der Waals surface area (Å²) < 4.78 is 11.2. The number of hydrogen-bond acceptors (Lipinski definition) is 5. The van der Waals surface area contributed by atoms with Gasteiger partial charge in [-0.15, -0.1) is 0 Å². The second kappa shape index (κ2) is 11.0. The van der Waals surface area contributed by atoms with Crippen LogP contribution in [-0.4, -0.2) is 35.8 Å². The average Bonchev–Trinajstić information content (AvgIpc) is 2.64. The summed E-state index contributed by atoms with van der Waals surface area (Å²) in [6.45, 7) is 12.7. The highest BCUT2D eigenvalue weighted by Crippen LogP contribution is 2.20. The third-order valence-electron chi connectivity index (χ3n) is 4.22. The first-order valence-corrected chi connectivity index (χ1v) is 9.84. The van der Waals surface area contributed by atoms with E-state index in [-0.39, 0.29) is 0 Å². The summed E-state index contributed by atoms with van der Waals surface area (Å²) >= 11 is 0. The van der Waals surface area contributed by atoms with Crippen LogP contribution in [0.2, 0.25) is 0 Å². The average molecular weight is 372 g/mol. The Balaban J connectivity index is 1.82. The highest BCUT2D eigenvalue weighted by molar-refractivity contribution is 5.55. The standard InChI is InChI=1S/C22H33N3O2/c1-16(2)10-11-26-12-13-27-21-14-23-22(24-15-21)20-8-6-19(7-9-20)18(5)25-17(3)4/h6-9,14-18,25H,10-13H2,1-5H3/t18-/m0/s1. The maximum atomic E-state index is 5.63. The third-order valence-corrected chi connectivity index (χ3v) is 4.22. The zero-order valence-electron chi connectivity index (χ0n) is 17.2. The predicted molar refractivity (Wildman–Crippen MR) is 110 cm³/mol. The van der Waals surface area contributed by atoms with Crippen molar-refractivity contribution in [1.29, 1.82) is 0 Å². The van der Waals surface area contributed by atoms with E-state index in [9.17, 15) is 0 Å². The quantitative estimate of drug-likeness (QED) is 0.583. The normalized spacial score (nSPS) is 12.6. The molecule has 2 rings (SSSR count). The van der Waals surface area contributed by atoms with Gasteiger partial charge >= 0.3 is 0 Å². The molecular formula is C22H33N3O2. The van der Waals surface area contributed by atoms with Gasteiger partial charge in [-0.05, 0) is 24.8 Å². The molecule has 1 atom stereocenters. The van der Waals surface area contributed by atoms with Crippen LogP contribution in [0.4, 0.5) is 0 Å². The first kappa shape index (κ1) is 21.3. The van der Waals surface area contributed by atoms with E-state index in [1.165, 1.54) is 5.56 Å². The van der Waals surface area contributed by atoms with Gasteiger partial charge in [0, 0.05) is 24.3 Å². The maximum absolute atomic E-state index is 5.63. The lowest BCUT2D eigenvalue weighted by atomic mass is 10.1. The molecule has 1 aromatic carbocycles. The Bertz CT molecular complexity index is 654. The summed E-state index contributed by atoms with van der Waals surface area (Å²) in [6, 6.07) is 9.14. The van der Waals surface area contributed by atoms with Crippen LogP contribution >= 0.6 is 0 Å². The summed E-state index contributed by atoms with van der Waals surface area (Å²) in [6.07, 6.45) is 4.50. The number of aromatic nitrogens is 2. The largest absolute Gasteiger partial charge is 0.488 e. The Labute approximate surface area is 163 Å². The van der Waals surface area contributed by atoms with Gasteiger partial charge in [0.05, 0.1) is 19.0 Å². The molecule has 0 aliphatic heterocycles. The van der Waals surface area contributed by atoms with E-state index in [1.807, 2.05) is 0 Å². The minimum Gasteiger partial charge on any atom is -0.488 e. The van der Waals surface area contributed by atoms with E-state index in [0.29, 0.717) is 42.8 Å². The van der Waals surface area contributed by atoms with Gasteiger partial charge in [0.25, 0.3) is 0 Å². The minimum atomic E-state index is 0.318. The first-order chi connectivity index (χ1) is 13.0. The van der Waals surface area contributed by atoms with Gasteiger partial charge in [-0.2, -0.15) is 0 Å². The molecule has 0 amide bonds. The second-order valence-electron chi connectivity index (χ2n) is 7.55. The van der Waals surface area contributed by atoms with Crippen molar-refractivity contribution in [2.45, 2.75) is 53.1 Å². The molecule has 0 aliphatic rings. The molecule has 0 spiro atoms. The number of rotatable bonds is 11. The predicted octanol–water partition coefficient (Wildman–Crippen LogP) is 4.64. The Kier molecular flexibility index (Phi) is 8.69. The molecule has 0 bridgehead atoms. The summed E-state index contributed by atoms with van der Waals surface area (Å²) in [5.74, 6) is 2.03. The SMILES string of the molecule is CC(C)CCOCCOc1cnc(-c2ccc([C@H](C)NC(C)C)cc2)nc1. The monoisotopic (exact) mass is 371 g/mol. The Morgan fingerprint density at radius 1 is 0.889 bits per heavy atom. The number of ether oxygens (including phenoxy) is 2. The van der Waals surface area contributed by atoms with Gasteiger partial charge in [0.1, 0.15) is 6.61 Å². The molecule has 0 saturated carbocycles. The van der Waals surface area contributed by atoms with E-state index in [0.717, 1.165) is 18.6 Å². The van der Waals surface area contributed by atoms with Gasteiger partial charge in [0.2, 0.25) is 0 Å². The van der Waals surface area contributed by atoms with Crippen molar-refractivity contribution in [3.8, 4) is 17.1 Å². The summed E-state index contributed by atoms with van der Waals surface area (Å²) in [7, 11) is 0. The van der Waals surface area contributed by atoms with Crippen LogP contribution in [0.25, 0.3) is 11.4 Å². The van der Waals surface area contributed by atoms with Crippen LogP contribution in [0.1, 0.15) is 52.6 Å². The molecule has 0 radical (unpaired) electrons. The smallest absolute Gasteiger partial charge is 0.159 e. The van der Waals surface area contributed by atoms with Crippen molar-refractivity contribution < 1.29 is 9.47 Å². The zero-order chi connectivity index (χ0) is 19.6. The van der Waals surface area contributed by atoms with Crippen molar-refractivity contribution in [3.63, 3.8) is 0 Å². The highest BCUT2D eigenvalue weighted by atomic mass is 16.5. The fraction of sp³-hybridized carbons (Fsp3) is 0.545. The Morgan fingerprint density at radius 2 is 1.56 bits per heavy atom. The maximum Gasteiger partial charge on any atom is 0.159 e. The molecule has 5 nitrogen and oxygen atoms in total. The molecule has 148 valence electrons. The molecule has 1 N–H and O–H groups in total. The Hall–Kier alpha value is -1.98.